The Morgan fingerprint density at radius 2 is 1.68 bits per heavy atom. The first kappa shape index (κ1) is 20.2. The quantitative estimate of drug-likeness (QED) is 0.312. The van der Waals surface area contributed by atoms with Crippen molar-refractivity contribution >= 4 is 16.6 Å². The maximum absolute atomic E-state index is 14.2. The van der Waals surface area contributed by atoms with E-state index in [1.807, 2.05) is 0 Å². The number of pyridine rings is 1. The van der Waals surface area contributed by atoms with Gasteiger partial charge in [-0.1, -0.05) is 24.8 Å². The Morgan fingerprint density at radius 1 is 0.968 bits per heavy atom. The number of aromatic nitrogens is 1. The molecule has 0 amide bonds. The first-order valence-corrected chi connectivity index (χ1v) is 9.41. The van der Waals surface area contributed by atoms with Crippen molar-refractivity contribution in [1.29, 1.82) is 0 Å². The van der Waals surface area contributed by atoms with Gasteiger partial charge in [0.1, 0.15) is 11.6 Å². The van der Waals surface area contributed by atoms with Gasteiger partial charge in [0.05, 0.1) is 0 Å². The number of nitrogens with zero attached hydrogens (tertiary/aromatic N) is 1. The third-order valence-corrected chi connectivity index (χ3v) is 4.94. The van der Waals surface area contributed by atoms with E-state index >= 15 is 0 Å². The molecule has 0 N–H and O–H groups in total. The van der Waals surface area contributed by atoms with Gasteiger partial charge in [0.15, 0.2) is 17.3 Å². The van der Waals surface area contributed by atoms with E-state index in [0.29, 0.717) is 27.5 Å². The molecule has 0 atom stereocenters. The van der Waals surface area contributed by atoms with Crippen molar-refractivity contribution in [2.75, 3.05) is 0 Å². The third kappa shape index (κ3) is 3.75. The number of carbonyl (C=O) groups is 1. The predicted molar refractivity (Wildman–Crippen MR) is 116 cm³/mol. The van der Waals surface area contributed by atoms with Crippen LogP contribution in [0.1, 0.15) is 10.4 Å². The SMILES string of the molecule is C=CC(=O)c1ccc(Oc2ccc(F)cc2F)c(-c2cn(C)c(=O)c3ccccc23)c1. The fraction of sp³-hybridized carbons (Fsp3) is 0.0400. The first-order valence-electron chi connectivity index (χ1n) is 9.41. The van der Waals surface area contributed by atoms with E-state index in [9.17, 15) is 18.4 Å². The van der Waals surface area contributed by atoms with E-state index in [2.05, 4.69) is 6.58 Å². The van der Waals surface area contributed by atoms with Crippen molar-refractivity contribution in [2.24, 2.45) is 7.05 Å². The second kappa shape index (κ2) is 7.99. The molecule has 0 fully saturated rings. The van der Waals surface area contributed by atoms with Gasteiger partial charge < -0.3 is 9.30 Å². The number of allylic oxidation sites excluding steroid dienone is 1. The van der Waals surface area contributed by atoms with Crippen LogP contribution in [0.25, 0.3) is 21.9 Å². The summed E-state index contributed by atoms with van der Waals surface area (Å²) in [5, 5.41) is 1.14. The zero-order valence-electron chi connectivity index (χ0n) is 16.6. The van der Waals surface area contributed by atoms with Gasteiger partial charge in [-0.3, -0.25) is 9.59 Å². The van der Waals surface area contributed by atoms with Crippen LogP contribution < -0.4 is 10.3 Å². The molecule has 3 aromatic carbocycles. The van der Waals surface area contributed by atoms with Crippen molar-refractivity contribution in [3.63, 3.8) is 0 Å². The Bertz CT molecular complexity index is 1410. The lowest BCUT2D eigenvalue weighted by Crippen LogP contribution is -2.16. The molecular weight excluding hydrogens is 400 g/mol. The fourth-order valence-corrected chi connectivity index (χ4v) is 3.41. The molecule has 154 valence electrons. The minimum absolute atomic E-state index is 0.167. The van der Waals surface area contributed by atoms with Crippen LogP contribution in [-0.4, -0.2) is 10.4 Å². The van der Waals surface area contributed by atoms with Crippen LogP contribution in [0, 0.1) is 11.6 Å². The maximum atomic E-state index is 14.2. The first-order chi connectivity index (χ1) is 14.9. The molecule has 6 heteroatoms. The molecule has 0 aliphatic heterocycles. The number of rotatable bonds is 5. The van der Waals surface area contributed by atoms with Gasteiger partial charge in [-0.25, -0.2) is 8.78 Å². The topological polar surface area (TPSA) is 48.3 Å². The van der Waals surface area contributed by atoms with Gasteiger partial charge in [-0.15, -0.1) is 0 Å². The van der Waals surface area contributed by atoms with Crippen LogP contribution >= 0.6 is 0 Å². The molecule has 1 aromatic heterocycles. The van der Waals surface area contributed by atoms with Gasteiger partial charge in [0.25, 0.3) is 5.56 Å². The molecule has 0 bridgehead atoms. The van der Waals surface area contributed by atoms with Crippen LogP contribution in [0.2, 0.25) is 0 Å². The summed E-state index contributed by atoms with van der Waals surface area (Å²) in [6.07, 6.45) is 2.83. The molecule has 0 radical (unpaired) electrons. The second-order valence-electron chi connectivity index (χ2n) is 6.96. The average Bonchev–Trinajstić information content (AvgIpc) is 2.78. The lowest BCUT2D eigenvalue weighted by molar-refractivity contribution is 0.104. The number of fused-ring (bicyclic) bond motifs is 1. The second-order valence-corrected chi connectivity index (χ2v) is 6.96. The van der Waals surface area contributed by atoms with Gasteiger partial charge in [-0.05, 0) is 47.9 Å². The van der Waals surface area contributed by atoms with E-state index in [0.717, 1.165) is 12.1 Å². The molecule has 4 nitrogen and oxygen atoms in total. The summed E-state index contributed by atoms with van der Waals surface area (Å²) in [5.74, 6) is -1.80. The molecule has 0 saturated heterocycles. The van der Waals surface area contributed by atoms with Crippen molar-refractivity contribution in [3.8, 4) is 22.6 Å². The smallest absolute Gasteiger partial charge is 0.258 e. The number of ether oxygens (including phenoxy) is 1. The van der Waals surface area contributed by atoms with Crippen molar-refractivity contribution in [3.05, 3.63) is 107 Å². The Labute approximate surface area is 176 Å². The van der Waals surface area contributed by atoms with Gasteiger partial charge in [0.2, 0.25) is 0 Å². The standard InChI is InChI=1S/C25H17F2NO3/c1-3-22(29)15-8-10-23(31-24-11-9-16(26)13-21(24)27)19(12-15)20-14-28(2)25(30)18-7-5-4-6-17(18)20/h3-14H,1H2,2H3. The molecule has 0 aliphatic rings. The van der Waals surface area contributed by atoms with Crippen LogP contribution in [0.4, 0.5) is 8.78 Å². The monoisotopic (exact) mass is 417 g/mol. The number of ketones is 1. The maximum Gasteiger partial charge on any atom is 0.258 e. The number of hydrogen-bond acceptors (Lipinski definition) is 3. The van der Waals surface area contributed by atoms with Crippen molar-refractivity contribution in [1.82, 2.24) is 4.57 Å². The molecule has 4 rings (SSSR count). The molecule has 4 aromatic rings. The zero-order valence-corrected chi connectivity index (χ0v) is 16.6. The Morgan fingerprint density at radius 3 is 2.39 bits per heavy atom. The summed E-state index contributed by atoms with van der Waals surface area (Å²) in [4.78, 5) is 24.8. The largest absolute Gasteiger partial charge is 0.454 e. The number of carbonyl (C=O) groups excluding carboxylic acids is 1. The minimum Gasteiger partial charge on any atom is -0.454 e. The highest BCUT2D eigenvalue weighted by molar-refractivity contribution is 6.06. The molecule has 31 heavy (non-hydrogen) atoms. The minimum atomic E-state index is -0.859. The normalized spacial score (nSPS) is 10.8. The predicted octanol–water partition coefficient (Wildman–Crippen LogP) is 5.64. The van der Waals surface area contributed by atoms with Gasteiger partial charge in [0, 0.05) is 41.4 Å². The Balaban J connectivity index is 1.99. The lowest BCUT2D eigenvalue weighted by atomic mass is 9.97. The highest BCUT2D eigenvalue weighted by Gasteiger charge is 2.17. The van der Waals surface area contributed by atoms with E-state index in [1.54, 1.807) is 43.6 Å². The average molecular weight is 417 g/mol. The Kier molecular flexibility index (Phi) is 5.21. The van der Waals surface area contributed by atoms with Crippen molar-refractivity contribution < 1.29 is 18.3 Å². The summed E-state index contributed by atoms with van der Waals surface area (Å²) >= 11 is 0. The highest BCUT2D eigenvalue weighted by Crippen LogP contribution is 2.38. The number of halogens is 2. The van der Waals surface area contributed by atoms with Crippen LogP contribution in [0.15, 0.2) is 84.3 Å². The van der Waals surface area contributed by atoms with Gasteiger partial charge in [-0.2, -0.15) is 0 Å². The fourth-order valence-electron chi connectivity index (χ4n) is 3.41. The molecule has 0 unspecified atom stereocenters. The highest BCUT2D eigenvalue weighted by atomic mass is 19.1. The molecule has 0 saturated carbocycles. The van der Waals surface area contributed by atoms with E-state index in [4.69, 9.17) is 4.74 Å². The molecule has 0 spiro atoms. The molecule has 1 heterocycles. The summed E-state index contributed by atoms with van der Waals surface area (Å²) in [6.45, 7) is 3.51. The Hall–Kier alpha value is -4.06. The van der Waals surface area contributed by atoms with E-state index < -0.39 is 11.6 Å². The number of aryl methyl sites for hydroxylation is 1. The number of hydrogen-bond donors (Lipinski definition) is 0. The van der Waals surface area contributed by atoms with E-state index in [1.165, 1.54) is 28.8 Å². The van der Waals surface area contributed by atoms with Crippen LogP contribution in [0.3, 0.4) is 0 Å². The summed E-state index contributed by atoms with van der Waals surface area (Å²) in [6, 6.07) is 14.7. The third-order valence-electron chi connectivity index (χ3n) is 4.94. The van der Waals surface area contributed by atoms with Gasteiger partial charge >= 0.3 is 0 Å². The van der Waals surface area contributed by atoms with Crippen LogP contribution in [-0.2, 0) is 7.05 Å². The summed E-state index contributed by atoms with van der Waals surface area (Å²) in [5.41, 5.74) is 1.27. The zero-order chi connectivity index (χ0) is 22.1. The van der Waals surface area contributed by atoms with Crippen molar-refractivity contribution in [2.45, 2.75) is 0 Å². The lowest BCUT2D eigenvalue weighted by Gasteiger charge is -2.16. The molecular formula is C25H17F2NO3. The summed E-state index contributed by atoms with van der Waals surface area (Å²) < 4.78 is 34.7. The number of benzene rings is 3. The molecule has 0 aliphatic carbocycles. The van der Waals surface area contributed by atoms with Crippen LogP contribution in [0.5, 0.6) is 11.5 Å². The van der Waals surface area contributed by atoms with E-state index in [-0.39, 0.29) is 22.8 Å². The summed E-state index contributed by atoms with van der Waals surface area (Å²) in [7, 11) is 1.62.